The van der Waals surface area contributed by atoms with Gasteiger partial charge >= 0.3 is 0 Å². The molecule has 0 spiro atoms. The molecule has 1 heteroatoms. The van der Waals surface area contributed by atoms with Crippen molar-refractivity contribution < 1.29 is 0 Å². The molecule has 1 aliphatic carbocycles. The molecule has 0 fully saturated rings. The summed E-state index contributed by atoms with van der Waals surface area (Å²) < 4.78 is 0. The fourth-order valence-electron chi connectivity index (χ4n) is 6.37. The number of benzene rings is 2. The first-order valence-corrected chi connectivity index (χ1v) is 16.8. The molecule has 0 amide bonds. The number of hydrogen-bond acceptors (Lipinski definition) is 1. The lowest BCUT2D eigenvalue weighted by Crippen LogP contribution is -2.26. The van der Waals surface area contributed by atoms with Crippen LogP contribution in [0.2, 0.25) is 0 Å². The molecular formula is C37H59N. The molecule has 1 aliphatic rings. The second-order valence-corrected chi connectivity index (χ2v) is 12.0. The average molecular weight is 518 g/mol. The maximum atomic E-state index is 2.76. The number of unbranched alkanes of at least 4 members (excludes halogenated alkanes) is 18. The van der Waals surface area contributed by atoms with E-state index in [0.717, 1.165) is 6.42 Å². The van der Waals surface area contributed by atoms with E-state index in [1.165, 1.54) is 164 Å². The van der Waals surface area contributed by atoms with Crippen LogP contribution in [0.25, 0.3) is 11.1 Å². The SMILES string of the molecule is CCCCCCCCCCCCN(CCCCCCCCCCCC)c1cccc2c1Cc1ccccc1-2. The maximum absolute atomic E-state index is 2.76. The van der Waals surface area contributed by atoms with E-state index in [-0.39, 0.29) is 0 Å². The van der Waals surface area contributed by atoms with Gasteiger partial charge in [0.05, 0.1) is 0 Å². The van der Waals surface area contributed by atoms with Crippen molar-refractivity contribution in [1.82, 2.24) is 0 Å². The summed E-state index contributed by atoms with van der Waals surface area (Å²) in [5.41, 5.74) is 7.54. The molecule has 0 bridgehead atoms. The van der Waals surface area contributed by atoms with Crippen LogP contribution in [0.5, 0.6) is 0 Å². The van der Waals surface area contributed by atoms with Crippen molar-refractivity contribution in [2.75, 3.05) is 18.0 Å². The van der Waals surface area contributed by atoms with Crippen LogP contribution in [0.1, 0.15) is 153 Å². The Labute approximate surface area is 236 Å². The highest BCUT2D eigenvalue weighted by atomic mass is 15.1. The van der Waals surface area contributed by atoms with Crippen molar-refractivity contribution in [3.05, 3.63) is 53.6 Å². The van der Waals surface area contributed by atoms with Crippen LogP contribution in [0.3, 0.4) is 0 Å². The van der Waals surface area contributed by atoms with Gasteiger partial charge in [-0.2, -0.15) is 0 Å². The quantitative estimate of drug-likeness (QED) is 0.113. The van der Waals surface area contributed by atoms with Crippen LogP contribution in [-0.4, -0.2) is 13.1 Å². The molecule has 0 aliphatic heterocycles. The summed E-state index contributed by atoms with van der Waals surface area (Å²) >= 11 is 0. The summed E-state index contributed by atoms with van der Waals surface area (Å²) in [4.78, 5) is 2.76. The Morgan fingerprint density at radius 3 is 1.45 bits per heavy atom. The van der Waals surface area contributed by atoms with Gasteiger partial charge in [0, 0.05) is 25.2 Å². The Morgan fingerprint density at radius 1 is 0.474 bits per heavy atom. The molecule has 0 radical (unpaired) electrons. The van der Waals surface area contributed by atoms with E-state index < -0.39 is 0 Å². The summed E-state index contributed by atoms with van der Waals surface area (Å²) in [5.74, 6) is 0. The number of hydrogen-bond donors (Lipinski definition) is 0. The lowest BCUT2D eigenvalue weighted by Gasteiger charge is -2.27. The van der Waals surface area contributed by atoms with Gasteiger partial charge in [-0.15, -0.1) is 0 Å². The van der Waals surface area contributed by atoms with E-state index >= 15 is 0 Å². The highest BCUT2D eigenvalue weighted by Crippen LogP contribution is 2.41. The second kappa shape index (κ2) is 19.3. The van der Waals surface area contributed by atoms with Crippen molar-refractivity contribution in [3.63, 3.8) is 0 Å². The van der Waals surface area contributed by atoms with Crippen LogP contribution in [-0.2, 0) is 6.42 Å². The zero-order valence-corrected chi connectivity index (χ0v) is 25.3. The number of rotatable bonds is 23. The summed E-state index contributed by atoms with van der Waals surface area (Å²) in [6, 6.07) is 16.1. The molecule has 0 saturated carbocycles. The predicted octanol–water partition coefficient (Wildman–Crippen LogP) is 11.9. The summed E-state index contributed by atoms with van der Waals surface area (Å²) in [7, 11) is 0. The molecule has 0 saturated heterocycles. The molecule has 0 aromatic heterocycles. The van der Waals surface area contributed by atoms with E-state index in [4.69, 9.17) is 0 Å². The van der Waals surface area contributed by atoms with E-state index in [9.17, 15) is 0 Å². The van der Waals surface area contributed by atoms with Gasteiger partial charge in [-0.25, -0.2) is 0 Å². The Balaban J connectivity index is 1.45. The van der Waals surface area contributed by atoms with E-state index in [1.807, 2.05) is 0 Å². The molecule has 38 heavy (non-hydrogen) atoms. The topological polar surface area (TPSA) is 3.24 Å². The largest absolute Gasteiger partial charge is 0.371 e. The van der Waals surface area contributed by atoms with Crippen LogP contribution in [0, 0.1) is 0 Å². The molecule has 0 unspecified atom stereocenters. The normalized spacial score (nSPS) is 12.1. The standard InChI is InChI=1S/C37H59N/c1-3-5-7-9-11-13-15-17-19-23-30-38(31-24-20-18-16-14-12-10-8-6-4-2)37-29-25-28-35-34-27-22-21-26-33(34)32-36(35)37/h21-22,25-29H,3-20,23-24,30-32H2,1-2H3. The molecule has 0 N–H and O–H groups in total. The van der Waals surface area contributed by atoms with Gasteiger partial charge in [0.2, 0.25) is 0 Å². The van der Waals surface area contributed by atoms with E-state index in [0.29, 0.717) is 0 Å². The predicted molar refractivity (Wildman–Crippen MR) is 171 cm³/mol. The molecule has 0 atom stereocenters. The smallest absolute Gasteiger partial charge is 0.0408 e. The van der Waals surface area contributed by atoms with Gasteiger partial charge in [-0.3, -0.25) is 0 Å². The molecule has 3 rings (SSSR count). The van der Waals surface area contributed by atoms with Crippen molar-refractivity contribution >= 4 is 5.69 Å². The minimum Gasteiger partial charge on any atom is -0.371 e. The molecule has 2 aromatic rings. The monoisotopic (exact) mass is 517 g/mol. The Morgan fingerprint density at radius 2 is 0.921 bits per heavy atom. The fourth-order valence-corrected chi connectivity index (χ4v) is 6.37. The molecule has 212 valence electrons. The van der Waals surface area contributed by atoms with Crippen molar-refractivity contribution in [2.24, 2.45) is 0 Å². The lowest BCUT2D eigenvalue weighted by molar-refractivity contribution is 0.543. The van der Waals surface area contributed by atoms with Crippen molar-refractivity contribution in [1.29, 1.82) is 0 Å². The van der Waals surface area contributed by atoms with Gasteiger partial charge in [0.15, 0.2) is 0 Å². The number of nitrogens with zero attached hydrogens (tertiary/aromatic N) is 1. The zero-order chi connectivity index (χ0) is 26.7. The van der Waals surface area contributed by atoms with Gasteiger partial charge in [0.25, 0.3) is 0 Å². The summed E-state index contributed by atoms with van der Waals surface area (Å²) in [6.45, 7) is 7.06. The molecule has 1 nitrogen and oxygen atoms in total. The average Bonchev–Trinajstić information content (AvgIpc) is 3.33. The third kappa shape index (κ3) is 10.8. The molecule has 2 aromatic carbocycles. The highest BCUT2D eigenvalue weighted by molar-refractivity contribution is 5.82. The van der Waals surface area contributed by atoms with Crippen LogP contribution in [0.4, 0.5) is 5.69 Å². The van der Waals surface area contributed by atoms with Crippen LogP contribution in [0.15, 0.2) is 42.5 Å². The third-order valence-electron chi connectivity index (χ3n) is 8.73. The maximum Gasteiger partial charge on any atom is 0.0408 e. The first-order valence-electron chi connectivity index (χ1n) is 16.8. The fraction of sp³-hybridized carbons (Fsp3) is 0.676. The van der Waals surface area contributed by atoms with Crippen LogP contribution < -0.4 is 4.90 Å². The minimum absolute atomic E-state index is 1.11. The Kier molecular flexibility index (Phi) is 15.6. The highest BCUT2D eigenvalue weighted by Gasteiger charge is 2.22. The van der Waals surface area contributed by atoms with Crippen molar-refractivity contribution in [3.8, 4) is 11.1 Å². The molecular weight excluding hydrogens is 458 g/mol. The summed E-state index contributed by atoms with van der Waals surface area (Å²) in [5, 5.41) is 0. The van der Waals surface area contributed by atoms with E-state index in [2.05, 4.69) is 61.2 Å². The Bertz CT molecular complexity index is 845. The second-order valence-electron chi connectivity index (χ2n) is 12.0. The first-order chi connectivity index (χ1) is 18.8. The van der Waals surface area contributed by atoms with Gasteiger partial charge in [-0.1, -0.05) is 166 Å². The lowest BCUT2D eigenvalue weighted by atomic mass is 10.0. The number of fused-ring (bicyclic) bond motifs is 3. The van der Waals surface area contributed by atoms with Crippen molar-refractivity contribution in [2.45, 2.75) is 149 Å². The Hall–Kier alpha value is -1.76. The van der Waals surface area contributed by atoms with Crippen LogP contribution >= 0.6 is 0 Å². The minimum atomic E-state index is 1.11. The van der Waals surface area contributed by atoms with Gasteiger partial charge < -0.3 is 4.90 Å². The molecule has 0 heterocycles. The van der Waals surface area contributed by atoms with Gasteiger partial charge in [-0.05, 0) is 41.2 Å². The van der Waals surface area contributed by atoms with Gasteiger partial charge in [0.1, 0.15) is 0 Å². The number of anilines is 1. The van der Waals surface area contributed by atoms with E-state index in [1.54, 1.807) is 5.56 Å². The first kappa shape index (κ1) is 30.8. The zero-order valence-electron chi connectivity index (χ0n) is 25.3. The third-order valence-corrected chi connectivity index (χ3v) is 8.73. The summed E-state index contributed by atoms with van der Waals surface area (Å²) in [6.07, 6.45) is 29.3.